The van der Waals surface area contributed by atoms with E-state index in [0.29, 0.717) is 29.1 Å². The molecule has 7 nitrogen and oxygen atoms in total. The first kappa shape index (κ1) is 22.1. The average Bonchev–Trinajstić information content (AvgIpc) is 3.13. The highest BCUT2D eigenvalue weighted by Gasteiger charge is 2.45. The lowest BCUT2D eigenvalue weighted by molar-refractivity contribution is -0.231. The second kappa shape index (κ2) is 9.16. The molecule has 0 aliphatic carbocycles. The molecule has 166 valence electrons. The molecule has 0 unspecified atom stereocenters. The van der Waals surface area contributed by atoms with Crippen LogP contribution in [0.5, 0.6) is 5.75 Å². The molecule has 4 N–H and O–H groups in total. The van der Waals surface area contributed by atoms with E-state index in [9.17, 15) is 20.4 Å². The van der Waals surface area contributed by atoms with Gasteiger partial charge in [0.2, 0.25) is 0 Å². The Kier molecular flexibility index (Phi) is 6.52. The zero-order chi connectivity index (χ0) is 22.1. The van der Waals surface area contributed by atoms with Gasteiger partial charge in [-0.15, -0.1) is 0 Å². The normalized spacial score (nSPS) is 26.3. The lowest BCUT2D eigenvalue weighted by atomic mass is 9.91. The fourth-order valence-electron chi connectivity index (χ4n) is 4.10. The molecular weight excluding hydrogens is 422 g/mol. The molecule has 3 aromatic rings. The van der Waals surface area contributed by atoms with Gasteiger partial charge in [-0.3, -0.25) is 0 Å². The van der Waals surface area contributed by atoms with Gasteiger partial charge in [0.25, 0.3) is 0 Å². The predicted octanol–water partition coefficient (Wildman–Crippen LogP) is 2.26. The first-order valence-corrected chi connectivity index (χ1v) is 10.6. The summed E-state index contributed by atoms with van der Waals surface area (Å²) in [5.41, 5.74) is 2.47. The summed E-state index contributed by atoms with van der Waals surface area (Å²) in [7, 11) is 0. The number of aromatic nitrogens is 1. The van der Waals surface area contributed by atoms with Gasteiger partial charge in [-0.25, -0.2) is 0 Å². The Balaban J connectivity index is 1.73. The van der Waals surface area contributed by atoms with Crippen molar-refractivity contribution in [2.24, 2.45) is 0 Å². The lowest BCUT2D eigenvalue weighted by Gasteiger charge is -2.40. The Labute approximate surface area is 185 Å². The Morgan fingerprint density at radius 2 is 1.77 bits per heavy atom. The molecule has 1 aliphatic heterocycles. The zero-order valence-corrected chi connectivity index (χ0v) is 17.8. The van der Waals surface area contributed by atoms with Crippen molar-refractivity contribution < 1.29 is 29.9 Å². The maximum atomic E-state index is 10.6. The van der Waals surface area contributed by atoms with Gasteiger partial charge < -0.3 is 34.5 Å². The van der Waals surface area contributed by atoms with Crippen molar-refractivity contribution in [3.8, 4) is 5.75 Å². The summed E-state index contributed by atoms with van der Waals surface area (Å²) in [5, 5.41) is 41.7. The minimum atomic E-state index is -1.46. The van der Waals surface area contributed by atoms with Crippen LogP contribution in [-0.4, -0.2) is 62.6 Å². The predicted molar refractivity (Wildman–Crippen MR) is 116 cm³/mol. The molecule has 31 heavy (non-hydrogen) atoms. The third kappa shape index (κ3) is 4.17. The first-order valence-electron chi connectivity index (χ1n) is 10.2. The minimum Gasteiger partial charge on any atom is -0.494 e. The van der Waals surface area contributed by atoms with Gasteiger partial charge in [0.1, 0.15) is 36.3 Å². The van der Waals surface area contributed by atoms with Crippen LogP contribution in [0.2, 0.25) is 5.02 Å². The maximum absolute atomic E-state index is 10.6. The van der Waals surface area contributed by atoms with Crippen LogP contribution >= 0.6 is 11.6 Å². The Hall–Kier alpha value is -2.13. The van der Waals surface area contributed by atoms with Gasteiger partial charge in [-0.1, -0.05) is 29.8 Å². The monoisotopic (exact) mass is 447 g/mol. The topological polar surface area (TPSA) is 104 Å². The fraction of sp³-hybridized carbons (Fsp3) is 0.391. The molecule has 0 bridgehead atoms. The van der Waals surface area contributed by atoms with Crippen LogP contribution in [-0.2, 0) is 11.3 Å². The highest BCUT2D eigenvalue weighted by molar-refractivity contribution is 6.35. The Morgan fingerprint density at radius 3 is 2.45 bits per heavy atom. The molecule has 2 aromatic carbocycles. The van der Waals surface area contributed by atoms with Gasteiger partial charge in [-0.05, 0) is 36.8 Å². The third-order valence-electron chi connectivity index (χ3n) is 5.67. The molecule has 0 radical (unpaired) electrons. The van der Waals surface area contributed by atoms with Crippen molar-refractivity contribution in [3.63, 3.8) is 0 Å². The number of hydrogen-bond donors (Lipinski definition) is 4. The highest BCUT2D eigenvalue weighted by Crippen LogP contribution is 2.39. The van der Waals surface area contributed by atoms with Crippen LogP contribution in [0.25, 0.3) is 10.9 Å². The lowest BCUT2D eigenvalue weighted by Crippen LogP contribution is -2.55. The summed E-state index contributed by atoms with van der Waals surface area (Å²) in [4.78, 5) is 0. The van der Waals surface area contributed by atoms with Crippen LogP contribution in [0.15, 0.2) is 48.7 Å². The number of benzene rings is 2. The highest BCUT2D eigenvalue weighted by atomic mass is 35.5. The third-order valence-corrected chi connectivity index (χ3v) is 5.99. The van der Waals surface area contributed by atoms with Gasteiger partial charge in [0, 0.05) is 23.7 Å². The molecule has 8 heteroatoms. The van der Waals surface area contributed by atoms with E-state index >= 15 is 0 Å². The summed E-state index contributed by atoms with van der Waals surface area (Å²) in [6, 6.07) is 13.3. The van der Waals surface area contributed by atoms with Crippen LogP contribution < -0.4 is 4.74 Å². The summed E-state index contributed by atoms with van der Waals surface area (Å²) in [5.74, 6) is 0.800. The number of ether oxygens (including phenoxy) is 2. The van der Waals surface area contributed by atoms with Crippen molar-refractivity contribution in [2.75, 3.05) is 13.2 Å². The average molecular weight is 448 g/mol. The van der Waals surface area contributed by atoms with Crippen molar-refractivity contribution in [1.82, 2.24) is 4.57 Å². The number of nitrogens with zero attached hydrogens (tertiary/aromatic N) is 1. The number of aliphatic hydroxyl groups is 4. The van der Waals surface area contributed by atoms with Crippen molar-refractivity contribution in [3.05, 3.63) is 64.8 Å². The Morgan fingerprint density at radius 1 is 1.03 bits per heavy atom. The fourth-order valence-corrected chi connectivity index (χ4v) is 4.38. The summed E-state index contributed by atoms with van der Waals surface area (Å²) < 4.78 is 13.3. The zero-order valence-electron chi connectivity index (χ0n) is 17.1. The second-order valence-corrected chi connectivity index (χ2v) is 8.08. The molecule has 2 heterocycles. The van der Waals surface area contributed by atoms with Crippen LogP contribution in [0.1, 0.15) is 24.2 Å². The van der Waals surface area contributed by atoms with Crippen LogP contribution in [0.3, 0.4) is 0 Å². The number of rotatable bonds is 6. The van der Waals surface area contributed by atoms with Gasteiger partial charge in [0.05, 0.1) is 23.8 Å². The molecule has 1 fully saturated rings. The summed E-state index contributed by atoms with van der Waals surface area (Å²) in [6.45, 7) is 2.59. The molecule has 1 saturated heterocycles. The van der Waals surface area contributed by atoms with Gasteiger partial charge in [0.15, 0.2) is 0 Å². The van der Waals surface area contributed by atoms with E-state index in [0.717, 1.165) is 16.8 Å². The quantitative estimate of drug-likeness (QED) is 0.462. The largest absolute Gasteiger partial charge is 0.494 e. The van der Waals surface area contributed by atoms with E-state index in [1.165, 1.54) is 0 Å². The number of halogens is 1. The maximum Gasteiger partial charge on any atom is 0.119 e. The summed E-state index contributed by atoms with van der Waals surface area (Å²) >= 11 is 6.51. The molecule has 5 atom stereocenters. The molecule has 4 rings (SSSR count). The number of hydrogen-bond acceptors (Lipinski definition) is 6. The molecule has 1 aliphatic rings. The standard InChI is InChI=1S/C23H26ClNO6/c1-2-30-14-8-6-13(7-9-14)10-25-11-15(19-16(24)4-3-5-17(19)25)23-22(29)21(28)20(27)18(12-26)31-23/h3-9,11,18,20-23,26-29H,2,10,12H2,1H3/t18-,20-,21+,22-,23+/m1/s1. The molecule has 0 saturated carbocycles. The van der Waals surface area contributed by atoms with E-state index in [1.54, 1.807) is 6.07 Å². The van der Waals surface area contributed by atoms with Crippen molar-refractivity contribution >= 4 is 22.5 Å². The Bertz CT molecular complexity index is 1030. The van der Waals surface area contributed by atoms with E-state index in [1.807, 2.05) is 54.1 Å². The van der Waals surface area contributed by atoms with E-state index in [2.05, 4.69) is 0 Å². The summed E-state index contributed by atoms with van der Waals surface area (Å²) in [6.07, 6.45) is -4.36. The SMILES string of the molecule is CCOc1ccc(Cn2cc([C@@H]3O[C@H](CO)[C@@H](O)[C@H](O)[C@H]3O)c3c(Cl)cccc32)cc1. The van der Waals surface area contributed by atoms with Gasteiger partial charge >= 0.3 is 0 Å². The molecular formula is C23H26ClNO6. The minimum absolute atomic E-state index is 0.481. The van der Waals surface area contributed by atoms with E-state index in [-0.39, 0.29) is 0 Å². The molecule has 1 aromatic heterocycles. The molecule has 0 spiro atoms. The van der Waals surface area contributed by atoms with Crippen molar-refractivity contribution in [1.29, 1.82) is 0 Å². The van der Waals surface area contributed by atoms with E-state index < -0.39 is 37.1 Å². The van der Waals surface area contributed by atoms with Crippen LogP contribution in [0, 0.1) is 0 Å². The number of aliphatic hydroxyl groups excluding tert-OH is 4. The first-order chi connectivity index (χ1) is 14.9. The number of fused-ring (bicyclic) bond motifs is 1. The van der Waals surface area contributed by atoms with Crippen LogP contribution in [0.4, 0.5) is 0 Å². The van der Waals surface area contributed by atoms with Gasteiger partial charge in [-0.2, -0.15) is 0 Å². The van der Waals surface area contributed by atoms with E-state index in [4.69, 9.17) is 21.1 Å². The van der Waals surface area contributed by atoms with Crippen molar-refractivity contribution in [2.45, 2.75) is 44.0 Å². The second-order valence-electron chi connectivity index (χ2n) is 7.67. The molecule has 0 amide bonds. The smallest absolute Gasteiger partial charge is 0.119 e.